The molecule has 1 aromatic heterocycles. The summed E-state index contributed by atoms with van der Waals surface area (Å²) in [5.41, 5.74) is 2.22. The molecule has 9 heteroatoms. The van der Waals surface area contributed by atoms with Crippen LogP contribution in [0.3, 0.4) is 0 Å². The van der Waals surface area contributed by atoms with E-state index in [2.05, 4.69) is 5.10 Å². The molecule has 0 radical (unpaired) electrons. The molecule has 1 aromatic carbocycles. The minimum Gasteiger partial charge on any atom is -0.337 e. The molecule has 0 saturated carbocycles. The molecular weight excluding hydrogens is 376 g/mol. The number of aryl methyl sites for hydroxylation is 1. The maximum absolute atomic E-state index is 13.4. The molecule has 1 fully saturated rings. The summed E-state index contributed by atoms with van der Waals surface area (Å²) >= 11 is 0. The first kappa shape index (κ1) is 19.5. The van der Waals surface area contributed by atoms with E-state index >= 15 is 0 Å². The number of hydrogen-bond acceptors (Lipinski definition) is 4. The van der Waals surface area contributed by atoms with Gasteiger partial charge in [0.2, 0.25) is 0 Å². The van der Waals surface area contributed by atoms with Gasteiger partial charge in [-0.3, -0.25) is 9.48 Å². The highest BCUT2D eigenvalue weighted by Crippen LogP contribution is 2.27. The normalized spacial score (nSPS) is 18.6. The highest BCUT2D eigenvalue weighted by molar-refractivity contribution is 7.91. The first-order valence-electron chi connectivity index (χ1n) is 8.54. The largest absolute Gasteiger partial charge is 0.337 e. The van der Waals surface area contributed by atoms with Gasteiger partial charge in [-0.1, -0.05) is 0 Å². The third-order valence-corrected chi connectivity index (χ3v) is 6.63. The topological polar surface area (TPSA) is 72.3 Å². The number of carbonyl (C=O) groups is 1. The van der Waals surface area contributed by atoms with E-state index < -0.39 is 27.4 Å². The molecule has 1 atom stereocenters. The quantitative estimate of drug-likeness (QED) is 0.794. The summed E-state index contributed by atoms with van der Waals surface area (Å²) in [5.74, 6) is -1.92. The van der Waals surface area contributed by atoms with Crippen LogP contribution in [-0.2, 0) is 16.4 Å². The Morgan fingerprint density at radius 3 is 2.44 bits per heavy atom. The van der Waals surface area contributed by atoms with Crippen molar-refractivity contribution in [2.24, 2.45) is 0 Å². The molecule has 146 valence electrons. The van der Waals surface area contributed by atoms with Gasteiger partial charge in [-0.25, -0.2) is 17.2 Å². The second-order valence-electron chi connectivity index (χ2n) is 6.97. The number of hydrogen-bond donors (Lipinski definition) is 0. The average molecular weight is 397 g/mol. The number of halogens is 2. The molecule has 2 heterocycles. The molecule has 1 aliphatic rings. The van der Waals surface area contributed by atoms with Gasteiger partial charge in [0.15, 0.2) is 9.84 Å². The Kier molecular flexibility index (Phi) is 5.07. The first-order chi connectivity index (χ1) is 12.6. The minimum absolute atomic E-state index is 0.0612. The average Bonchev–Trinajstić information content (AvgIpc) is 3.06. The van der Waals surface area contributed by atoms with Crippen LogP contribution in [0.25, 0.3) is 0 Å². The van der Waals surface area contributed by atoms with Crippen molar-refractivity contribution >= 4 is 15.7 Å². The lowest BCUT2D eigenvalue weighted by Gasteiger charge is -2.18. The molecule has 0 bridgehead atoms. The fourth-order valence-electron chi connectivity index (χ4n) is 3.46. The highest BCUT2D eigenvalue weighted by atomic mass is 32.2. The number of sulfone groups is 1. The van der Waals surface area contributed by atoms with Gasteiger partial charge in [-0.05, 0) is 32.4 Å². The number of nitrogens with zero attached hydrogens (tertiary/aromatic N) is 3. The molecule has 3 rings (SSSR count). The summed E-state index contributed by atoms with van der Waals surface area (Å²) in [5, 5.41) is 4.47. The number of aromatic nitrogens is 2. The van der Waals surface area contributed by atoms with Crippen LogP contribution in [0.4, 0.5) is 8.78 Å². The maximum atomic E-state index is 13.4. The fourth-order valence-corrected chi connectivity index (χ4v) is 5.15. The lowest BCUT2D eigenvalue weighted by molar-refractivity contribution is 0.0783. The Morgan fingerprint density at radius 2 is 1.89 bits per heavy atom. The van der Waals surface area contributed by atoms with Crippen molar-refractivity contribution in [3.8, 4) is 0 Å². The standard InChI is InChI=1S/C18H21F2N3O3S/c1-11-17(12(2)23(21-11)16-4-5-27(25,26)10-16)9-22(3)18(24)13-6-14(19)8-15(20)7-13/h6-8,16H,4-5,9-10H2,1-3H3. The van der Waals surface area contributed by atoms with E-state index in [-0.39, 0.29) is 29.7 Å². The van der Waals surface area contributed by atoms with Crippen molar-refractivity contribution in [2.75, 3.05) is 18.6 Å². The Hall–Kier alpha value is -2.29. The summed E-state index contributed by atoms with van der Waals surface area (Å²) < 4.78 is 51.9. The number of carbonyl (C=O) groups excluding carboxylic acids is 1. The Bertz CT molecular complexity index is 981. The third-order valence-electron chi connectivity index (χ3n) is 4.88. The molecule has 1 unspecified atom stereocenters. The molecule has 1 aliphatic heterocycles. The second-order valence-corrected chi connectivity index (χ2v) is 9.20. The Morgan fingerprint density at radius 1 is 1.26 bits per heavy atom. The van der Waals surface area contributed by atoms with Gasteiger partial charge in [0, 0.05) is 36.5 Å². The molecule has 2 aromatic rings. The van der Waals surface area contributed by atoms with Crippen LogP contribution in [0.5, 0.6) is 0 Å². The monoisotopic (exact) mass is 397 g/mol. The number of benzene rings is 1. The predicted octanol–water partition coefficient (Wildman–Crippen LogP) is 2.41. The van der Waals surface area contributed by atoms with Gasteiger partial charge < -0.3 is 4.90 Å². The van der Waals surface area contributed by atoms with Crippen molar-refractivity contribution in [3.05, 3.63) is 52.3 Å². The van der Waals surface area contributed by atoms with Crippen LogP contribution in [0.1, 0.15) is 39.8 Å². The lowest BCUT2D eigenvalue weighted by Crippen LogP contribution is -2.27. The molecular formula is C18H21F2N3O3S. The van der Waals surface area contributed by atoms with E-state index in [0.717, 1.165) is 23.4 Å². The van der Waals surface area contributed by atoms with Crippen LogP contribution >= 0.6 is 0 Å². The van der Waals surface area contributed by atoms with E-state index in [9.17, 15) is 22.0 Å². The SMILES string of the molecule is Cc1nn(C2CCS(=O)(=O)C2)c(C)c1CN(C)C(=O)c1cc(F)cc(F)c1. The van der Waals surface area contributed by atoms with Crippen LogP contribution in [0.15, 0.2) is 18.2 Å². The van der Waals surface area contributed by atoms with E-state index in [1.165, 1.54) is 4.90 Å². The van der Waals surface area contributed by atoms with Crippen LogP contribution in [0, 0.1) is 25.5 Å². The lowest BCUT2D eigenvalue weighted by atomic mass is 10.1. The summed E-state index contributed by atoms with van der Waals surface area (Å²) in [6.45, 7) is 3.83. The maximum Gasteiger partial charge on any atom is 0.254 e. The van der Waals surface area contributed by atoms with Crippen molar-refractivity contribution in [3.63, 3.8) is 0 Å². The van der Waals surface area contributed by atoms with E-state index in [1.54, 1.807) is 18.7 Å². The summed E-state index contributed by atoms with van der Waals surface area (Å²) in [4.78, 5) is 13.9. The van der Waals surface area contributed by atoms with E-state index in [0.29, 0.717) is 18.2 Å². The number of rotatable bonds is 4. The summed E-state index contributed by atoms with van der Waals surface area (Å²) in [7, 11) is -1.50. The molecule has 6 nitrogen and oxygen atoms in total. The van der Waals surface area contributed by atoms with Crippen molar-refractivity contribution in [1.82, 2.24) is 14.7 Å². The summed E-state index contributed by atoms with van der Waals surface area (Å²) in [6.07, 6.45) is 0.515. The zero-order valence-corrected chi connectivity index (χ0v) is 16.2. The summed E-state index contributed by atoms with van der Waals surface area (Å²) in [6, 6.07) is 2.49. The smallest absolute Gasteiger partial charge is 0.254 e. The predicted molar refractivity (Wildman–Crippen MR) is 96.2 cm³/mol. The van der Waals surface area contributed by atoms with Crippen molar-refractivity contribution in [2.45, 2.75) is 32.9 Å². The molecule has 1 amide bonds. The van der Waals surface area contributed by atoms with E-state index in [1.807, 2.05) is 6.92 Å². The van der Waals surface area contributed by atoms with Gasteiger partial charge >= 0.3 is 0 Å². The van der Waals surface area contributed by atoms with E-state index in [4.69, 9.17) is 0 Å². The molecule has 0 aliphatic carbocycles. The molecule has 0 N–H and O–H groups in total. The van der Waals surface area contributed by atoms with Gasteiger partial charge in [0.25, 0.3) is 5.91 Å². The van der Waals surface area contributed by atoms with Gasteiger partial charge in [0.05, 0.1) is 23.2 Å². The fraction of sp³-hybridized carbons (Fsp3) is 0.444. The zero-order valence-electron chi connectivity index (χ0n) is 15.4. The molecule has 0 spiro atoms. The van der Waals surface area contributed by atoms with Gasteiger partial charge in [-0.2, -0.15) is 5.10 Å². The highest BCUT2D eigenvalue weighted by Gasteiger charge is 2.31. The molecule has 27 heavy (non-hydrogen) atoms. The first-order valence-corrected chi connectivity index (χ1v) is 10.4. The van der Waals surface area contributed by atoms with Crippen LogP contribution < -0.4 is 0 Å². The zero-order chi connectivity index (χ0) is 19.9. The Balaban J connectivity index is 1.82. The van der Waals surface area contributed by atoms with Gasteiger partial charge in [-0.15, -0.1) is 0 Å². The minimum atomic E-state index is -3.04. The second kappa shape index (κ2) is 7.03. The van der Waals surface area contributed by atoms with Gasteiger partial charge in [0.1, 0.15) is 11.6 Å². The Labute approximate surface area is 156 Å². The van der Waals surface area contributed by atoms with Crippen molar-refractivity contribution in [1.29, 1.82) is 0 Å². The van der Waals surface area contributed by atoms with Crippen LogP contribution in [-0.4, -0.2) is 47.6 Å². The third kappa shape index (κ3) is 4.02. The van der Waals surface area contributed by atoms with Crippen LogP contribution in [0.2, 0.25) is 0 Å². The van der Waals surface area contributed by atoms with Crippen molar-refractivity contribution < 1.29 is 22.0 Å². The molecule has 1 saturated heterocycles. The number of amides is 1.